The fourth-order valence-corrected chi connectivity index (χ4v) is 2.29. The Morgan fingerprint density at radius 3 is 2.84 bits per heavy atom. The summed E-state index contributed by atoms with van der Waals surface area (Å²) in [7, 11) is 0. The lowest BCUT2D eigenvalue weighted by Gasteiger charge is -2.22. The van der Waals surface area contributed by atoms with Gasteiger partial charge in [-0.2, -0.15) is 11.8 Å². The Labute approximate surface area is 120 Å². The molecule has 0 aliphatic rings. The number of urea groups is 1. The number of rotatable bonds is 5. The van der Waals surface area contributed by atoms with Crippen molar-refractivity contribution in [2.75, 3.05) is 23.9 Å². The van der Waals surface area contributed by atoms with Gasteiger partial charge in [-0.3, -0.25) is 0 Å². The van der Waals surface area contributed by atoms with E-state index >= 15 is 0 Å². The zero-order valence-electron chi connectivity index (χ0n) is 10.7. The predicted molar refractivity (Wildman–Crippen MR) is 77.4 cm³/mol. The summed E-state index contributed by atoms with van der Waals surface area (Å²) in [6.07, 6.45) is 1.87. The van der Waals surface area contributed by atoms with E-state index < -0.39 is 17.4 Å². The average molecular weight is 307 g/mol. The maximum atomic E-state index is 12.9. The predicted octanol–water partition coefficient (Wildman–Crippen LogP) is 2.71. The second-order valence-electron chi connectivity index (χ2n) is 4.37. The molecule has 1 rings (SSSR count). The van der Waals surface area contributed by atoms with Gasteiger partial charge in [-0.15, -0.1) is 0 Å². The lowest BCUT2D eigenvalue weighted by molar-refractivity contribution is 0.0876. The minimum atomic E-state index is -0.975. The van der Waals surface area contributed by atoms with Gasteiger partial charge in [0.25, 0.3) is 0 Å². The maximum absolute atomic E-state index is 12.9. The molecular formula is C12H16ClFN2O2S. The Kier molecular flexibility index (Phi) is 5.90. The van der Waals surface area contributed by atoms with Crippen LogP contribution in [-0.4, -0.2) is 35.3 Å². The molecule has 0 bridgehead atoms. The monoisotopic (exact) mass is 306 g/mol. The van der Waals surface area contributed by atoms with Crippen LogP contribution >= 0.6 is 23.4 Å². The number of aliphatic hydroxyl groups is 1. The van der Waals surface area contributed by atoms with Crippen LogP contribution in [0.5, 0.6) is 0 Å². The second kappa shape index (κ2) is 6.98. The zero-order valence-corrected chi connectivity index (χ0v) is 12.2. The Morgan fingerprint density at radius 2 is 2.26 bits per heavy atom. The molecule has 106 valence electrons. The summed E-state index contributed by atoms with van der Waals surface area (Å²) in [4.78, 5) is 11.6. The fraction of sp³-hybridized carbons (Fsp3) is 0.417. The minimum absolute atomic E-state index is 0.0628. The van der Waals surface area contributed by atoms with E-state index in [0.717, 1.165) is 0 Å². The summed E-state index contributed by atoms with van der Waals surface area (Å²) in [5, 5.41) is 14.9. The van der Waals surface area contributed by atoms with Crippen LogP contribution in [-0.2, 0) is 0 Å². The van der Waals surface area contributed by atoms with E-state index in [2.05, 4.69) is 10.6 Å². The molecule has 0 saturated carbocycles. The molecule has 1 aromatic rings. The van der Waals surface area contributed by atoms with Crippen molar-refractivity contribution in [1.29, 1.82) is 0 Å². The average Bonchev–Trinajstić information content (AvgIpc) is 2.32. The van der Waals surface area contributed by atoms with E-state index in [9.17, 15) is 14.3 Å². The largest absolute Gasteiger partial charge is 0.387 e. The highest BCUT2D eigenvalue weighted by molar-refractivity contribution is 7.98. The molecule has 0 saturated heterocycles. The van der Waals surface area contributed by atoms with Gasteiger partial charge < -0.3 is 15.7 Å². The number of benzene rings is 1. The Bertz CT molecular complexity index is 457. The van der Waals surface area contributed by atoms with E-state index in [0.29, 0.717) is 11.4 Å². The summed E-state index contributed by atoms with van der Waals surface area (Å²) < 4.78 is 12.9. The van der Waals surface area contributed by atoms with Crippen molar-refractivity contribution in [3.8, 4) is 0 Å². The highest BCUT2D eigenvalue weighted by atomic mass is 35.5. The minimum Gasteiger partial charge on any atom is -0.387 e. The standard InChI is InChI=1S/C12H16ClFN2O2S/c1-12(18,7-19-2)6-15-11(17)16-8-3-4-10(14)9(13)5-8/h3-5,18H,6-7H2,1-2H3,(H2,15,16,17). The molecule has 0 aromatic heterocycles. The highest BCUT2D eigenvalue weighted by Gasteiger charge is 2.20. The highest BCUT2D eigenvalue weighted by Crippen LogP contribution is 2.19. The normalized spacial score (nSPS) is 13.7. The number of carbonyl (C=O) groups is 1. The van der Waals surface area contributed by atoms with Crippen LogP contribution in [0.1, 0.15) is 6.92 Å². The van der Waals surface area contributed by atoms with Crippen LogP contribution in [0.4, 0.5) is 14.9 Å². The number of halogens is 2. The third-order valence-electron chi connectivity index (χ3n) is 2.26. The zero-order chi connectivity index (χ0) is 14.5. The Balaban J connectivity index is 2.49. The molecule has 1 unspecified atom stereocenters. The number of amides is 2. The van der Waals surface area contributed by atoms with Crippen LogP contribution in [0, 0.1) is 5.82 Å². The molecule has 0 heterocycles. The lowest BCUT2D eigenvalue weighted by Crippen LogP contribution is -2.43. The summed E-state index contributed by atoms with van der Waals surface area (Å²) in [6.45, 7) is 1.76. The first-order valence-corrected chi connectivity index (χ1v) is 7.32. The van der Waals surface area contributed by atoms with Crippen LogP contribution in [0.2, 0.25) is 5.02 Å². The van der Waals surface area contributed by atoms with Gasteiger partial charge in [-0.1, -0.05) is 11.6 Å². The van der Waals surface area contributed by atoms with Crippen molar-refractivity contribution in [2.45, 2.75) is 12.5 Å². The summed E-state index contributed by atoms with van der Waals surface area (Å²) in [5.74, 6) is -0.0362. The summed E-state index contributed by atoms with van der Waals surface area (Å²) in [6, 6.07) is 3.41. The van der Waals surface area contributed by atoms with E-state index in [1.165, 1.54) is 30.0 Å². The van der Waals surface area contributed by atoms with Gasteiger partial charge in [0.1, 0.15) is 5.82 Å². The van der Waals surface area contributed by atoms with Crippen LogP contribution in [0.15, 0.2) is 18.2 Å². The lowest BCUT2D eigenvalue weighted by atomic mass is 10.1. The van der Waals surface area contributed by atoms with E-state index in [4.69, 9.17) is 11.6 Å². The first kappa shape index (κ1) is 16.1. The second-order valence-corrected chi connectivity index (χ2v) is 5.64. The molecule has 7 heteroatoms. The van der Waals surface area contributed by atoms with E-state index in [1.807, 2.05) is 6.26 Å². The van der Waals surface area contributed by atoms with Crippen LogP contribution < -0.4 is 10.6 Å². The van der Waals surface area contributed by atoms with E-state index in [1.54, 1.807) is 6.92 Å². The van der Waals surface area contributed by atoms with Gasteiger partial charge in [0, 0.05) is 18.0 Å². The number of nitrogens with one attached hydrogen (secondary N) is 2. The number of hydrogen-bond donors (Lipinski definition) is 3. The third kappa shape index (κ3) is 5.67. The molecule has 1 aromatic carbocycles. The van der Waals surface area contributed by atoms with Crippen LogP contribution in [0.3, 0.4) is 0 Å². The molecule has 4 nitrogen and oxygen atoms in total. The van der Waals surface area contributed by atoms with E-state index in [-0.39, 0.29) is 11.6 Å². The summed E-state index contributed by atoms with van der Waals surface area (Å²) in [5.41, 5.74) is -0.592. The van der Waals surface area contributed by atoms with Gasteiger partial charge in [0.05, 0.1) is 10.6 Å². The molecule has 0 fully saturated rings. The molecule has 1 atom stereocenters. The SMILES string of the molecule is CSCC(C)(O)CNC(=O)Nc1ccc(F)c(Cl)c1. The van der Waals surface area contributed by atoms with Gasteiger partial charge >= 0.3 is 6.03 Å². The van der Waals surface area contributed by atoms with Crippen LogP contribution in [0.25, 0.3) is 0 Å². The molecule has 0 spiro atoms. The quantitative estimate of drug-likeness (QED) is 0.784. The van der Waals surface area contributed by atoms with Gasteiger partial charge in [-0.05, 0) is 31.4 Å². The maximum Gasteiger partial charge on any atom is 0.319 e. The first-order valence-electron chi connectivity index (χ1n) is 5.55. The Morgan fingerprint density at radius 1 is 1.58 bits per heavy atom. The number of thioether (sulfide) groups is 1. The molecule has 0 aliphatic heterocycles. The van der Waals surface area contributed by atoms with Gasteiger partial charge in [0.2, 0.25) is 0 Å². The Hall–Kier alpha value is -0.980. The third-order valence-corrected chi connectivity index (χ3v) is 3.46. The molecule has 0 radical (unpaired) electrons. The van der Waals surface area contributed by atoms with Crippen molar-refractivity contribution >= 4 is 35.1 Å². The number of hydrogen-bond acceptors (Lipinski definition) is 3. The van der Waals surface area contributed by atoms with Crippen molar-refractivity contribution in [1.82, 2.24) is 5.32 Å². The van der Waals surface area contributed by atoms with Crippen molar-refractivity contribution < 1.29 is 14.3 Å². The molecule has 19 heavy (non-hydrogen) atoms. The first-order chi connectivity index (χ1) is 8.84. The number of carbonyl (C=O) groups excluding carboxylic acids is 1. The molecule has 0 aliphatic carbocycles. The summed E-state index contributed by atoms with van der Waals surface area (Å²) >= 11 is 7.09. The topological polar surface area (TPSA) is 61.4 Å². The van der Waals surface area contributed by atoms with Crippen molar-refractivity contribution in [3.63, 3.8) is 0 Å². The van der Waals surface area contributed by atoms with Crippen molar-refractivity contribution in [2.24, 2.45) is 0 Å². The molecule has 2 amide bonds. The molecular weight excluding hydrogens is 291 g/mol. The van der Waals surface area contributed by atoms with Crippen molar-refractivity contribution in [3.05, 3.63) is 29.0 Å². The fourth-order valence-electron chi connectivity index (χ4n) is 1.38. The van der Waals surface area contributed by atoms with Gasteiger partial charge in [-0.25, -0.2) is 9.18 Å². The number of anilines is 1. The molecule has 3 N–H and O–H groups in total. The van der Waals surface area contributed by atoms with Gasteiger partial charge in [0.15, 0.2) is 0 Å². The smallest absolute Gasteiger partial charge is 0.319 e.